The van der Waals surface area contributed by atoms with E-state index in [9.17, 15) is 4.39 Å². The van der Waals surface area contributed by atoms with Crippen LogP contribution in [-0.4, -0.2) is 7.05 Å². The lowest BCUT2D eigenvalue weighted by Gasteiger charge is -2.25. The van der Waals surface area contributed by atoms with E-state index in [0.717, 1.165) is 11.1 Å². The van der Waals surface area contributed by atoms with Crippen LogP contribution in [0.5, 0.6) is 0 Å². The molecule has 0 aliphatic carbocycles. The fraction of sp³-hybridized carbons (Fsp3) is 0.250. The molecule has 0 aromatic heterocycles. The summed E-state index contributed by atoms with van der Waals surface area (Å²) in [6.45, 7) is 2.38. The lowest BCUT2D eigenvalue weighted by Crippen LogP contribution is -2.21. The molecule has 20 heavy (non-hydrogen) atoms. The summed E-state index contributed by atoms with van der Waals surface area (Å²) in [5, 5.41) is 0.679. The Morgan fingerprint density at radius 3 is 2.55 bits per heavy atom. The Hall–Kier alpha value is -1.58. The Balaban J connectivity index is 2.34. The van der Waals surface area contributed by atoms with E-state index in [1.165, 1.54) is 6.07 Å². The first-order chi connectivity index (χ1) is 9.50. The summed E-state index contributed by atoms with van der Waals surface area (Å²) < 4.78 is 14.1. The molecule has 2 N–H and O–H groups in total. The van der Waals surface area contributed by atoms with Crippen LogP contribution in [0.4, 0.5) is 10.1 Å². The van der Waals surface area contributed by atoms with E-state index in [4.69, 9.17) is 17.3 Å². The Labute approximate surface area is 124 Å². The molecule has 0 saturated carbocycles. The van der Waals surface area contributed by atoms with Gasteiger partial charge in [0.1, 0.15) is 5.82 Å². The van der Waals surface area contributed by atoms with Crippen LogP contribution in [0.15, 0.2) is 42.5 Å². The zero-order valence-corrected chi connectivity index (χ0v) is 12.4. The number of hydrogen-bond acceptors (Lipinski definition) is 2. The second kappa shape index (κ2) is 6.25. The average Bonchev–Trinajstić information content (AvgIpc) is 2.40. The first kappa shape index (κ1) is 14.8. The first-order valence-corrected chi connectivity index (χ1v) is 6.87. The highest BCUT2D eigenvalue weighted by atomic mass is 35.5. The Morgan fingerprint density at radius 2 is 1.90 bits per heavy atom. The van der Waals surface area contributed by atoms with Crippen LogP contribution in [0.25, 0.3) is 0 Å². The van der Waals surface area contributed by atoms with Gasteiger partial charge in [-0.2, -0.15) is 0 Å². The van der Waals surface area contributed by atoms with E-state index in [1.54, 1.807) is 6.07 Å². The third-order valence-electron chi connectivity index (χ3n) is 3.26. The van der Waals surface area contributed by atoms with Crippen molar-refractivity contribution >= 4 is 17.3 Å². The summed E-state index contributed by atoms with van der Waals surface area (Å²) >= 11 is 6.15. The van der Waals surface area contributed by atoms with Gasteiger partial charge in [0.05, 0.1) is 5.69 Å². The van der Waals surface area contributed by atoms with E-state index in [-0.39, 0.29) is 11.9 Å². The topological polar surface area (TPSA) is 29.3 Å². The zero-order chi connectivity index (χ0) is 14.7. The molecule has 2 nitrogen and oxygen atoms in total. The van der Waals surface area contributed by atoms with Crippen molar-refractivity contribution in [3.63, 3.8) is 0 Å². The number of rotatable bonds is 4. The molecule has 0 fully saturated rings. The summed E-state index contributed by atoms with van der Waals surface area (Å²) in [4.78, 5) is 1.84. The van der Waals surface area contributed by atoms with Crippen LogP contribution < -0.4 is 10.6 Å². The van der Waals surface area contributed by atoms with Gasteiger partial charge in [-0.05, 0) is 30.2 Å². The molecule has 0 saturated heterocycles. The molecule has 0 spiro atoms. The molecule has 2 aromatic rings. The molecule has 1 atom stereocenters. The van der Waals surface area contributed by atoms with Crippen molar-refractivity contribution in [1.29, 1.82) is 0 Å². The third kappa shape index (κ3) is 3.11. The van der Waals surface area contributed by atoms with Gasteiger partial charge in [0.15, 0.2) is 0 Å². The molecular formula is C16H18ClFN2. The predicted octanol–water partition coefficient (Wildman–Crippen LogP) is 4.14. The van der Waals surface area contributed by atoms with Crippen molar-refractivity contribution in [2.45, 2.75) is 19.5 Å². The third-order valence-corrected chi connectivity index (χ3v) is 3.62. The van der Waals surface area contributed by atoms with Crippen LogP contribution in [0, 0.1) is 5.82 Å². The molecule has 1 unspecified atom stereocenters. The number of para-hydroxylation sites is 1. The van der Waals surface area contributed by atoms with Gasteiger partial charge in [0, 0.05) is 24.7 Å². The van der Waals surface area contributed by atoms with Crippen molar-refractivity contribution in [2.75, 3.05) is 11.9 Å². The largest absolute Gasteiger partial charge is 0.368 e. The van der Waals surface area contributed by atoms with Crippen molar-refractivity contribution in [3.05, 3.63) is 64.4 Å². The summed E-state index contributed by atoms with van der Waals surface area (Å²) in [6, 6.07) is 12.3. The fourth-order valence-corrected chi connectivity index (χ4v) is 2.46. The standard InChI is InChI=1S/C16H18ClFN2/c1-11(19)13-7-5-9-15(18)16(13)20(2)10-12-6-3-4-8-14(12)17/h3-9,11H,10,19H2,1-2H3. The van der Waals surface area contributed by atoms with Gasteiger partial charge in [-0.15, -0.1) is 0 Å². The minimum absolute atomic E-state index is 0.227. The van der Waals surface area contributed by atoms with E-state index < -0.39 is 0 Å². The summed E-state index contributed by atoms with van der Waals surface area (Å²) in [6.07, 6.45) is 0. The molecule has 2 aromatic carbocycles. The minimum atomic E-state index is -0.269. The van der Waals surface area contributed by atoms with E-state index in [0.29, 0.717) is 17.3 Å². The molecule has 0 radical (unpaired) electrons. The SMILES string of the molecule is CC(N)c1cccc(F)c1N(C)Cc1ccccc1Cl. The van der Waals surface area contributed by atoms with Crippen LogP contribution >= 0.6 is 11.6 Å². The second-order valence-corrected chi connectivity index (χ2v) is 5.32. The molecule has 0 aliphatic rings. The number of benzene rings is 2. The molecule has 106 valence electrons. The lowest BCUT2D eigenvalue weighted by atomic mass is 10.0. The summed E-state index contributed by atoms with van der Waals surface area (Å²) in [5.74, 6) is -0.269. The van der Waals surface area contributed by atoms with Gasteiger partial charge < -0.3 is 10.6 Å². The van der Waals surface area contributed by atoms with Crippen molar-refractivity contribution in [3.8, 4) is 0 Å². The van der Waals surface area contributed by atoms with Gasteiger partial charge in [0.25, 0.3) is 0 Å². The highest BCUT2D eigenvalue weighted by Crippen LogP contribution is 2.29. The lowest BCUT2D eigenvalue weighted by molar-refractivity contribution is 0.616. The van der Waals surface area contributed by atoms with Gasteiger partial charge >= 0.3 is 0 Å². The van der Waals surface area contributed by atoms with E-state index >= 15 is 0 Å². The number of anilines is 1. The monoisotopic (exact) mass is 292 g/mol. The van der Waals surface area contributed by atoms with Gasteiger partial charge in [-0.3, -0.25) is 0 Å². The van der Waals surface area contributed by atoms with Crippen LogP contribution in [0.2, 0.25) is 5.02 Å². The van der Waals surface area contributed by atoms with Crippen molar-refractivity contribution in [1.82, 2.24) is 0 Å². The van der Waals surface area contributed by atoms with Crippen molar-refractivity contribution in [2.24, 2.45) is 5.73 Å². The van der Waals surface area contributed by atoms with Gasteiger partial charge in [0.2, 0.25) is 0 Å². The summed E-state index contributed by atoms with van der Waals surface area (Å²) in [5.41, 5.74) is 8.20. The van der Waals surface area contributed by atoms with E-state index in [1.807, 2.05) is 49.2 Å². The summed E-state index contributed by atoms with van der Waals surface area (Å²) in [7, 11) is 1.84. The second-order valence-electron chi connectivity index (χ2n) is 4.91. The fourth-order valence-electron chi connectivity index (χ4n) is 2.26. The Kier molecular flexibility index (Phi) is 4.63. The Morgan fingerprint density at radius 1 is 1.20 bits per heavy atom. The smallest absolute Gasteiger partial charge is 0.146 e. The maximum absolute atomic E-state index is 14.1. The molecular weight excluding hydrogens is 275 g/mol. The van der Waals surface area contributed by atoms with Crippen LogP contribution in [0.1, 0.15) is 24.1 Å². The van der Waals surface area contributed by atoms with Crippen molar-refractivity contribution < 1.29 is 4.39 Å². The van der Waals surface area contributed by atoms with E-state index in [2.05, 4.69) is 0 Å². The zero-order valence-electron chi connectivity index (χ0n) is 11.6. The normalized spacial score (nSPS) is 12.2. The predicted molar refractivity (Wildman–Crippen MR) is 82.6 cm³/mol. The first-order valence-electron chi connectivity index (χ1n) is 6.49. The van der Waals surface area contributed by atoms with Gasteiger partial charge in [-0.1, -0.05) is 41.9 Å². The molecule has 0 heterocycles. The molecule has 2 rings (SSSR count). The molecule has 4 heteroatoms. The maximum atomic E-state index is 14.1. The highest BCUT2D eigenvalue weighted by molar-refractivity contribution is 6.31. The molecule has 0 bridgehead atoms. The highest BCUT2D eigenvalue weighted by Gasteiger charge is 2.16. The minimum Gasteiger partial charge on any atom is -0.368 e. The quantitative estimate of drug-likeness (QED) is 0.918. The molecule has 0 aliphatic heterocycles. The maximum Gasteiger partial charge on any atom is 0.146 e. The number of nitrogens with two attached hydrogens (primary N) is 1. The Bertz CT molecular complexity index is 599. The van der Waals surface area contributed by atoms with Crippen LogP contribution in [-0.2, 0) is 6.54 Å². The van der Waals surface area contributed by atoms with Gasteiger partial charge in [-0.25, -0.2) is 4.39 Å². The number of nitrogens with zero attached hydrogens (tertiary/aromatic N) is 1. The molecule has 0 amide bonds. The number of halogens is 2. The average molecular weight is 293 g/mol. The number of hydrogen-bond donors (Lipinski definition) is 1. The van der Waals surface area contributed by atoms with Crippen LogP contribution in [0.3, 0.4) is 0 Å².